The number of nitrogens with one attached hydrogen (secondary N) is 1. The lowest BCUT2D eigenvalue weighted by Crippen LogP contribution is -2.34. The first-order valence-electron chi connectivity index (χ1n) is 11.0. The minimum absolute atomic E-state index is 0.122. The van der Waals surface area contributed by atoms with Crippen molar-refractivity contribution in [1.29, 1.82) is 0 Å². The van der Waals surface area contributed by atoms with Crippen LogP contribution >= 0.6 is 0 Å². The number of nitrogens with zero attached hydrogens (tertiary/aromatic N) is 2. The van der Waals surface area contributed by atoms with Gasteiger partial charge in [-0.25, -0.2) is 4.79 Å². The van der Waals surface area contributed by atoms with Crippen LogP contribution in [-0.2, 0) is 11.2 Å². The SMILES string of the molecule is O=C(Cc1ccc(C(=O)O)cc1)NC(c1ccncc1)c1ccccc1N1CCCCC1. The number of benzene rings is 2. The molecule has 6 nitrogen and oxygen atoms in total. The van der Waals surface area contributed by atoms with Gasteiger partial charge in [0.25, 0.3) is 0 Å². The van der Waals surface area contributed by atoms with Gasteiger partial charge in [-0.05, 0) is 60.7 Å². The molecule has 1 aliphatic heterocycles. The van der Waals surface area contributed by atoms with E-state index in [4.69, 9.17) is 5.11 Å². The Kier molecular flexibility index (Phi) is 6.80. The summed E-state index contributed by atoms with van der Waals surface area (Å²) in [6.45, 7) is 2.04. The molecule has 1 aromatic heterocycles. The molecule has 0 radical (unpaired) electrons. The molecule has 2 N–H and O–H groups in total. The number of carbonyl (C=O) groups is 2. The number of rotatable bonds is 7. The van der Waals surface area contributed by atoms with Crippen molar-refractivity contribution in [2.24, 2.45) is 0 Å². The smallest absolute Gasteiger partial charge is 0.335 e. The van der Waals surface area contributed by atoms with Crippen molar-refractivity contribution in [3.63, 3.8) is 0 Å². The van der Waals surface area contributed by atoms with E-state index < -0.39 is 5.97 Å². The molecule has 4 rings (SSSR count). The Hall–Kier alpha value is -3.67. The van der Waals surface area contributed by atoms with E-state index in [1.807, 2.05) is 24.3 Å². The second-order valence-corrected chi connectivity index (χ2v) is 8.07. The van der Waals surface area contributed by atoms with Gasteiger partial charge in [0.2, 0.25) is 5.91 Å². The predicted octanol–water partition coefficient (Wildman–Crippen LogP) is 4.22. The maximum Gasteiger partial charge on any atom is 0.335 e. The van der Waals surface area contributed by atoms with Crippen LogP contribution in [0.5, 0.6) is 0 Å². The highest BCUT2D eigenvalue weighted by Crippen LogP contribution is 2.32. The summed E-state index contributed by atoms with van der Waals surface area (Å²) in [4.78, 5) is 30.6. The zero-order valence-corrected chi connectivity index (χ0v) is 17.9. The van der Waals surface area contributed by atoms with Crippen molar-refractivity contribution in [3.8, 4) is 0 Å². The number of hydrogen-bond acceptors (Lipinski definition) is 4. The number of carboxylic acids is 1. The molecular formula is C26H27N3O3. The summed E-state index contributed by atoms with van der Waals surface area (Å²) < 4.78 is 0. The Morgan fingerprint density at radius 3 is 2.31 bits per heavy atom. The molecule has 32 heavy (non-hydrogen) atoms. The van der Waals surface area contributed by atoms with Crippen molar-refractivity contribution in [1.82, 2.24) is 10.3 Å². The summed E-state index contributed by atoms with van der Waals surface area (Å²) in [7, 11) is 0. The highest BCUT2D eigenvalue weighted by atomic mass is 16.4. The number of aromatic carboxylic acids is 1. The maximum absolute atomic E-state index is 13.0. The van der Waals surface area contributed by atoms with Gasteiger partial charge in [-0.1, -0.05) is 30.3 Å². The zero-order chi connectivity index (χ0) is 22.3. The number of piperidine rings is 1. The fourth-order valence-corrected chi connectivity index (χ4v) is 4.21. The average Bonchev–Trinajstić information content (AvgIpc) is 2.84. The Labute approximate surface area is 187 Å². The standard InChI is InChI=1S/C26H27N3O3/c30-24(18-19-8-10-21(11-9-19)26(31)32)28-25(20-12-14-27-15-13-20)22-6-2-3-7-23(22)29-16-4-1-5-17-29/h2-3,6-15,25H,1,4-5,16-18H2,(H,28,30)(H,31,32). The molecule has 2 aromatic carbocycles. The van der Waals surface area contributed by atoms with Crippen LogP contribution in [0.3, 0.4) is 0 Å². The van der Waals surface area contributed by atoms with Gasteiger partial charge < -0.3 is 15.3 Å². The molecule has 1 atom stereocenters. The van der Waals surface area contributed by atoms with Crippen LogP contribution in [0.1, 0.15) is 52.4 Å². The predicted molar refractivity (Wildman–Crippen MR) is 124 cm³/mol. The summed E-state index contributed by atoms with van der Waals surface area (Å²) in [5.41, 5.74) is 4.17. The summed E-state index contributed by atoms with van der Waals surface area (Å²) in [5, 5.41) is 12.3. The van der Waals surface area contributed by atoms with Crippen molar-refractivity contribution in [2.75, 3.05) is 18.0 Å². The zero-order valence-electron chi connectivity index (χ0n) is 17.9. The Morgan fingerprint density at radius 2 is 1.62 bits per heavy atom. The highest BCUT2D eigenvalue weighted by molar-refractivity contribution is 5.88. The van der Waals surface area contributed by atoms with E-state index in [9.17, 15) is 9.59 Å². The minimum Gasteiger partial charge on any atom is -0.478 e. The van der Waals surface area contributed by atoms with Crippen LogP contribution < -0.4 is 10.2 Å². The van der Waals surface area contributed by atoms with Crippen molar-refractivity contribution >= 4 is 17.6 Å². The molecule has 1 amide bonds. The van der Waals surface area contributed by atoms with Gasteiger partial charge in [-0.15, -0.1) is 0 Å². The molecule has 1 fully saturated rings. The van der Waals surface area contributed by atoms with E-state index in [2.05, 4.69) is 27.3 Å². The highest BCUT2D eigenvalue weighted by Gasteiger charge is 2.23. The molecule has 164 valence electrons. The number of amides is 1. The molecule has 1 saturated heterocycles. The van der Waals surface area contributed by atoms with Crippen LogP contribution in [0.15, 0.2) is 73.1 Å². The van der Waals surface area contributed by atoms with Gasteiger partial charge in [0.1, 0.15) is 0 Å². The van der Waals surface area contributed by atoms with E-state index in [1.165, 1.54) is 31.4 Å². The van der Waals surface area contributed by atoms with Gasteiger partial charge in [-0.2, -0.15) is 0 Å². The quantitative estimate of drug-likeness (QED) is 0.588. The first kappa shape index (κ1) is 21.6. The van der Waals surface area contributed by atoms with Crippen LogP contribution in [0.2, 0.25) is 0 Å². The largest absolute Gasteiger partial charge is 0.478 e. The van der Waals surface area contributed by atoms with E-state index in [-0.39, 0.29) is 23.9 Å². The van der Waals surface area contributed by atoms with Gasteiger partial charge in [-0.3, -0.25) is 9.78 Å². The second-order valence-electron chi connectivity index (χ2n) is 8.07. The van der Waals surface area contributed by atoms with Crippen LogP contribution in [0, 0.1) is 0 Å². The Morgan fingerprint density at radius 1 is 0.938 bits per heavy atom. The molecule has 1 aliphatic rings. The Balaban J connectivity index is 1.60. The van der Waals surface area contributed by atoms with E-state index in [0.717, 1.165) is 35.5 Å². The van der Waals surface area contributed by atoms with Crippen molar-refractivity contribution in [2.45, 2.75) is 31.7 Å². The monoisotopic (exact) mass is 429 g/mol. The third kappa shape index (κ3) is 5.14. The second kappa shape index (κ2) is 10.1. The molecule has 0 aliphatic carbocycles. The van der Waals surface area contributed by atoms with Crippen molar-refractivity contribution in [3.05, 3.63) is 95.3 Å². The third-order valence-corrected chi connectivity index (χ3v) is 5.85. The fraction of sp³-hybridized carbons (Fsp3) is 0.269. The van der Waals surface area contributed by atoms with Gasteiger partial charge in [0, 0.05) is 36.7 Å². The number of aromatic nitrogens is 1. The molecule has 0 saturated carbocycles. The van der Waals surface area contributed by atoms with Crippen LogP contribution in [0.25, 0.3) is 0 Å². The molecule has 6 heteroatoms. The maximum atomic E-state index is 13.0. The van der Waals surface area contributed by atoms with Crippen LogP contribution in [0.4, 0.5) is 5.69 Å². The third-order valence-electron chi connectivity index (χ3n) is 5.85. The number of para-hydroxylation sites is 1. The summed E-state index contributed by atoms with van der Waals surface area (Å²) >= 11 is 0. The number of anilines is 1. The number of carbonyl (C=O) groups excluding carboxylic acids is 1. The number of pyridine rings is 1. The summed E-state index contributed by atoms with van der Waals surface area (Å²) in [6, 6.07) is 18.2. The topological polar surface area (TPSA) is 82.5 Å². The van der Waals surface area contributed by atoms with Gasteiger partial charge >= 0.3 is 5.97 Å². The lowest BCUT2D eigenvalue weighted by Gasteiger charge is -2.33. The van der Waals surface area contributed by atoms with Crippen molar-refractivity contribution < 1.29 is 14.7 Å². The lowest BCUT2D eigenvalue weighted by atomic mass is 9.96. The van der Waals surface area contributed by atoms with E-state index >= 15 is 0 Å². The first-order valence-corrected chi connectivity index (χ1v) is 11.0. The number of carboxylic acid groups (broad SMARTS) is 1. The fourth-order valence-electron chi connectivity index (χ4n) is 4.21. The van der Waals surface area contributed by atoms with E-state index in [0.29, 0.717) is 0 Å². The van der Waals surface area contributed by atoms with Gasteiger partial charge in [0.15, 0.2) is 0 Å². The average molecular weight is 430 g/mol. The summed E-state index contributed by atoms with van der Waals surface area (Å²) in [6.07, 6.45) is 7.25. The molecule has 2 heterocycles. The molecule has 1 unspecified atom stereocenters. The molecule has 0 bridgehead atoms. The molecular weight excluding hydrogens is 402 g/mol. The Bertz CT molecular complexity index is 1060. The van der Waals surface area contributed by atoms with E-state index in [1.54, 1.807) is 24.5 Å². The molecule has 3 aromatic rings. The first-order chi connectivity index (χ1) is 15.6. The number of hydrogen-bond donors (Lipinski definition) is 2. The van der Waals surface area contributed by atoms with Gasteiger partial charge in [0.05, 0.1) is 18.0 Å². The minimum atomic E-state index is -0.979. The normalized spacial score (nSPS) is 14.6. The van der Waals surface area contributed by atoms with Crippen LogP contribution in [-0.4, -0.2) is 35.1 Å². The summed E-state index contributed by atoms with van der Waals surface area (Å²) in [5.74, 6) is -1.10. The molecule has 0 spiro atoms. The lowest BCUT2D eigenvalue weighted by molar-refractivity contribution is -0.120.